The van der Waals surface area contributed by atoms with Crippen LogP contribution in [0.15, 0.2) is 102 Å². The fourth-order valence-electron chi connectivity index (χ4n) is 7.57. The number of aromatic nitrogens is 2. The molecule has 2 aromatic heterocycles. The van der Waals surface area contributed by atoms with Gasteiger partial charge in [-0.1, -0.05) is 60.7 Å². The van der Waals surface area contributed by atoms with Crippen LogP contribution in [0.3, 0.4) is 0 Å². The first kappa shape index (κ1) is 34.0. The second-order valence-corrected chi connectivity index (χ2v) is 14.1. The Labute approximate surface area is 306 Å². The van der Waals surface area contributed by atoms with Crippen LogP contribution in [0, 0.1) is 6.92 Å². The van der Waals surface area contributed by atoms with E-state index < -0.39 is 29.3 Å². The van der Waals surface area contributed by atoms with Gasteiger partial charge in [0.05, 0.1) is 24.5 Å². The van der Waals surface area contributed by atoms with Crippen molar-refractivity contribution >= 4 is 28.7 Å². The maximum atomic E-state index is 14.4. The molecule has 0 N–H and O–H groups in total. The van der Waals surface area contributed by atoms with Crippen LogP contribution >= 0.6 is 0 Å². The number of aryl methyl sites for hydroxylation is 1. The number of methoxy groups -OCH3 is 2. The van der Waals surface area contributed by atoms with Crippen molar-refractivity contribution in [2.75, 3.05) is 25.9 Å². The van der Waals surface area contributed by atoms with Gasteiger partial charge in [-0.3, -0.25) is 9.36 Å². The molecule has 2 atom stereocenters. The minimum Gasteiger partial charge on any atom is -0.489 e. The van der Waals surface area contributed by atoms with Crippen molar-refractivity contribution in [3.63, 3.8) is 0 Å². The number of anilines is 1. The largest absolute Gasteiger partial charge is 0.489 e. The molecule has 0 saturated carbocycles. The normalized spacial score (nSPS) is 17.2. The highest BCUT2D eigenvalue weighted by molar-refractivity contribution is 6.11. The topological polar surface area (TPSA) is 114 Å². The molecule has 4 heterocycles. The standard InChI is InChI=1S/C42H39N3O8/c1-25-43-21-35(51-25)30-22-44(40(47)53-41(2,3)4)33-17-11-14-28(36(30)33)29-15-10-16-31-37(29)45(24-48-5)38-42(31,39(46)49-6)32-20-27(18-19-34(32)52-38)50-23-26-12-8-7-9-13-26/h7-22,38H,23-24H2,1-6H3/t38-,42-/m1/s1. The van der Waals surface area contributed by atoms with Gasteiger partial charge in [-0.15, -0.1) is 0 Å². The number of rotatable bonds is 8. The molecule has 8 rings (SSSR count). The Bertz CT molecular complexity index is 2370. The Morgan fingerprint density at radius 3 is 2.40 bits per heavy atom. The molecule has 0 unspecified atom stereocenters. The molecule has 53 heavy (non-hydrogen) atoms. The van der Waals surface area contributed by atoms with Crippen LogP contribution in [0.25, 0.3) is 33.4 Å². The summed E-state index contributed by atoms with van der Waals surface area (Å²) >= 11 is 0. The van der Waals surface area contributed by atoms with Gasteiger partial charge in [-0.2, -0.15) is 0 Å². The number of esters is 1. The molecule has 6 aromatic rings. The van der Waals surface area contributed by atoms with E-state index in [1.54, 1.807) is 26.4 Å². The SMILES string of the molecule is COCN1c2c(-c3cccc4c3c(-c3cnc(C)o3)cn4C(=O)OC(C)(C)C)cccc2[C@@]2(C(=O)OC)c3cc(OCc4ccccc4)ccc3O[C@@H]12. The number of benzene rings is 4. The number of nitrogens with zero attached hydrogens (tertiary/aromatic N) is 3. The first-order valence-corrected chi connectivity index (χ1v) is 17.3. The van der Waals surface area contributed by atoms with E-state index in [0.717, 1.165) is 27.8 Å². The van der Waals surface area contributed by atoms with E-state index in [1.807, 2.05) is 111 Å². The van der Waals surface area contributed by atoms with Crippen LogP contribution in [-0.4, -0.2) is 54.4 Å². The van der Waals surface area contributed by atoms with Gasteiger partial charge in [0.1, 0.15) is 30.4 Å². The third kappa shape index (κ3) is 5.50. The summed E-state index contributed by atoms with van der Waals surface area (Å²) in [6, 6.07) is 27.0. The number of carbonyl (C=O) groups is 2. The van der Waals surface area contributed by atoms with E-state index in [9.17, 15) is 9.59 Å². The molecular weight excluding hydrogens is 674 g/mol. The van der Waals surface area contributed by atoms with Gasteiger partial charge in [0, 0.05) is 47.9 Å². The average Bonchev–Trinajstić information content (AvgIpc) is 3.90. The predicted molar refractivity (Wildman–Crippen MR) is 198 cm³/mol. The van der Waals surface area contributed by atoms with Gasteiger partial charge >= 0.3 is 12.1 Å². The summed E-state index contributed by atoms with van der Waals surface area (Å²) in [7, 11) is 2.99. The van der Waals surface area contributed by atoms with E-state index in [0.29, 0.717) is 52.0 Å². The number of carbonyl (C=O) groups excluding carboxylic acids is 2. The monoisotopic (exact) mass is 713 g/mol. The van der Waals surface area contributed by atoms with Gasteiger partial charge < -0.3 is 33.0 Å². The zero-order valence-corrected chi connectivity index (χ0v) is 30.3. The molecular formula is C42H39N3O8. The fraction of sp³-hybridized carbons (Fsp3) is 0.262. The number of hydrogen-bond donors (Lipinski definition) is 0. The highest BCUT2D eigenvalue weighted by Crippen LogP contribution is 2.60. The van der Waals surface area contributed by atoms with Crippen LogP contribution in [-0.2, 0) is 31.0 Å². The number of para-hydroxylation sites is 1. The van der Waals surface area contributed by atoms with Gasteiger partial charge in [0.2, 0.25) is 0 Å². The van der Waals surface area contributed by atoms with Crippen molar-refractivity contribution in [1.82, 2.24) is 9.55 Å². The lowest BCUT2D eigenvalue weighted by atomic mass is 9.75. The zero-order chi connectivity index (χ0) is 37.1. The first-order valence-electron chi connectivity index (χ1n) is 17.3. The molecule has 11 heteroatoms. The molecule has 0 aliphatic carbocycles. The lowest BCUT2D eigenvalue weighted by molar-refractivity contribution is -0.147. The van der Waals surface area contributed by atoms with Gasteiger partial charge in [-0.25, -0.2) is 9.78 Å². The molecule has 2 aliphatic heterocycles. The molecule has 11 nitrogen and oxygen atoms in total. The first-order chi connectivity index (χ1) is 25.5. The molecule has 4 aromatic carbocycles. The van der Waals surface area contributed by atoms with Crippen LogP contribution < -0.4 is 14.4 Å². The molecule has 0 amide bonds. The van der Waals surface area contributed by atoms with E-state index >= 15 is 0 Å². The Kier molecular flexibility index (Phi) is 8.26. The highest BCUT2D eigenvalue weighted by atomic mass is 16.6. The highest BCUT2D eigenvalue weighted by Gasteiger charge is 2.65. The summed E-state index contributed by atoms with van der Waals surface area (Å²) in [5, 5.41) is 0.738. The second-order valence-electron chi connectivity index (χ2n) is 14.1. The van der Waals surface area contributed by atoms with Crippen LogP contribution in [0.5, 0.6) is 11.5 Å². The van der Waals surface area contributed by atoms with Gasteiger partial charge in [-0.05, 0) is 56.2 Å². The van der Waals surface area contributed by atoms with E-state index in [2.05, 4.69) is 4.98 Å². The third-order valence-electron chi connectivity index (χ3n) is 9.64. The van der Waals surface area contributed by atoms with Crippen molar-refractivity contribution in [3.8, 4) is 33.9 Å². The number of fused-ring (bicyclic) bond motifs is 6. The Morgan fingerprint density at radius 1 is 0.906 bits per heavy atom. The molecule has 2 aliphatic rings. The summed E-state index contributed by atoms with van der Waals surface area (Å²) in [5.74, 6) is 1.63. The lowest BCUT2D eigenvalue weighted by Crippen LogP contribution is -2.51. The maximum absolute atomic E-state index is 14.4. The zero-order valence-electron chi connectivity index (χ0n) is 30.3. The smallest absolute Gasteiger partial charge is 0.419 e. The fourth-order valence-corrected chi connectivity index (χ4v) is 7.57. The van der Waals surface area contributed by atoms with Crippen LogP contribution in [0.1, 0.15) is 43.4 Å². The summed E-state index contributed by atoms with van der Waals surface area (Å²) in [5.41, 5.74) is 3.77. The number of hydrogen-bond acceptors (Lipinski definition) is 10. The quantitative estimate of drug-likeness (QED) is 0.143. The predicted octanol–water partition coefficient (Wildman–Crippen LogP) is 8.24. The van der Waals surface area contributed by atoms with Crippen molar-refractivity contribution in [2.24, 2.45) is 0 Å². The van der Waals surface area contributed by atoms with Crippen molar-refractivity contribution in [1.29, 1.82) is 0 Å². The molecule has 0 radical (unpaired) electrons. The molecule has 0 saturated heterocycles. The van der Waals surface area contributed by atoms with Crippen molar-refractivity contribution in [3.05, 3.63) is 120 Å². The van der Waals surface area contributed by atoms with Crippen molar-refractivity contribution < 1.29 is 37.7 Å². The van der Waals surface area contributed by atoms with Crippen molar-refractivity contribution in [2.45, 2.75) is 51.5 Å². The Balaban J connectivity index is 1.34. The minimum absolute atomic E-state index is 0.0990. The molecule has 0 bridgehead atoms. The second kappa shape index (κ2) is 12.9. The number of oxazole rings is 1. The lowest BCUT2D eigenvalue weighted by Gasteiger charge is -2.30. The minimum atomic E-state index is -1.39. The van der Waals surface area contributed by atoms with Gasteiger partial charge in [0.15, 0.2) is 23.3 Å². The molecule has 0 fully saturated rings. The third-order valence-corrected chi connectivity index (χ3v) is 9.64. The van der Waals surface area contributed by atoms with Crippen LogP contribution in [0.2, 0.25) is 0 Å². The maximum Gasteiger partial charge on any atom is 0.419 e. The van der Waals surface area contributed by atoms with Gasteiger partial charge in [0.25, 0.3) is 0 Å². The summed E-state index contributed by atoms with van der Waals surface area (Å²) in [6.07, 6.45) is 1.99. The van der Waals surface area contributed by atoms with E-state index in [4.69, 9.17) is 28.1 Å². The average molecular weight is 714 g/mol. The summed E-state index contributed by atoms with van der Waals surface area (Å²) in [6.45, 7) is 7.70. The Morgan fingerprint density at radius 2 is 1.68 bits per heavy atom. The Hall–Kier alpha value is -6.07. The molecule has 270 valence electrons. The van der Waals surface area contributed by atoms with E-state index in [-0.39, 0.29) is 6.73 Å². The summed E-state index contributed by atoms with van der Waals surface area (Å²) < 4.78 is 37.7. The van der Waals surface area contributed by atoms with E-state index in [1.165, 1.54) is 11.7 Å². The van der Waals surface area contributed by atoms with Crippen LogP contribution in [0.4, 0.5) is 10.5 Å². The number of ether oxygens (including phenoxy) is 5. The molecule has 0 spiro atoms. The summed E-state index contributed by atoms with van der Waals surface area (Å²) in [4.78, 5) is 34.3.